The van der Waals surface area contributed by atoms with E-state index in [1.807, 2.05) is 36.7 Å². The maximum Gasteiger partial charge on any atom is 0.000442 e. The van der Waals surface area contributed by atoms with E-state index in [1.54, 1.807) is 0 Å². The predicted octanol–water partition coefficient (Wildman–Crippen LogP) is 1.50. The first-order valence-corrected chi connectivity index (χ1v) is 2.24. The molecule has 0 radical (unpaired) electrons. The van der Waals surface area contributed by atoms with Crippen molar-refractivity contribution in [2.45, 2.75) is 0 Å². The molecule has 1 rings (SSSR count). The monoisotopic (exact) mass is 127 g/mol. The number of nitrogens with one attached hydrogen (secondary N) is 1. The maximum atomic E-state index is 2.92. The summed E-state index contributed by atoms with van der Waals surface area (Å²) in [4.78, 5) is 0. The van der Waals surface area contributed by atoms with Crippen molar-refractivity contribution in [2.75, 3.05) is 0 Å². The van der Waals surface area contributed by atoms with Crippen LogP contribution in [0.3, 0.4) is 0 Å². The van der Waals surface area contributed by atoms with E-state index in [9.17, 15) is 0 Å². The summed E-state index contributed by atoms with van der Waals surface area (Å²) >= 11 is 0. The van der Waals surface area contributed by atoms with Gasteiger partial charge in [-0.3, -0.25) is 0 Å². The van der Waals surface area contributed by atoms with Crippen molar-refractivity contribution in [1.29, 1.82) is 0 Å². The molecule has 1 heterocycles. The van der Waals surface area contributed by atoms with Gasteiger partial charge >= 0.3 is 0 Å². The summed E-state index contributed by atoms with van der Waals surface area (Å²) in [6.07, 6.45) is 11.6. The van der Waals surface area contributed by atoms with Gasteiger partial charge in [0.2, 0.25) is 0 Å². The molecule has 0 aromatic carbocycles. The normalized spacial score (nSPS) is 12.4. The molecule has 0 spiro atoms. The van der Waals surface area contributed by atoms with Crippen LogP contribution >= 0.6 is 0 Å². The Hall–Kier alpha value is -1.06. The van der Waals surface area contributed by atoms with E-state index in [0.29, 0.717) is 0 Å². The first-order valence-electron chi connectivity index (χ1n) is 2.24. The zero-order valence-corrected chi connectivity index (χ0v) is 5.38. The minimum atomic E-state index is 0. The van der Waals surface area contributed by atoms with E-state index >= 15 is 0 Å². The molecular formula is C6H13N3. The fourth-order valence-electron chi connectivity index (χ4n) is 0.406. The van der Waals surface area contributed by atoms with E-state index < -0.39 is 0 Å². The summed E-state index contributed by atoms with van der Waals surface area (Å²) < 4.78 is 0. The van der Waals surface area contributed by atoms with Crippen LogP contribution in [0.2, 0.25) is 0 Å². The van der Waals surface area contributed by atoms with Crippen LogP contribution in [0, 0.1) is 0 Å². The predicted molar refractivity (Wildman–Crippen MR) is 40.6 cm³/mol. The third-order valence-corrected chi connectivity index (χ3v) is 0.718. The van der Waals surface area contributed by atoms with Crippen LogP contribution in [0.15, 0.2) is 36.7 Å². The lowest BCUT2D eigenvalue weighted by Crippen LogP contribution is -1.87. The first-order chi connectivity index (χ1) is 3.50. The third-order valence-electron chi connectivity index (χ3n) is 0.718. The number of hydrogen-bond donors (Lipinski definition) is 3. The second kappa shape index (κ2) is 6.94. The van der Waals surface area contributed by atoms with Gasteiger partial charge in [0.15, 0.2) is 0 Å². The van der Waals surface area contributed by atoms with Crippen molar-refractivity contribution in [2.24, 2.45) is 0 Å². The SMILES string of the molecule is C1=CC=CNC=C1.N.N. The highest BCUT2D eigenvalue weighted by Gasteiger charge is 1.67. The molecule has 3 nitrogen and oxygen atoms in total. The van der Waals surface area contributed by atoms with Gasteiger partial charge in [0.1, 0.15) is 0 Å². The van der Waals surface area contributed by atoms with Gasteiger partial charge in [0, 0.05) is 12.4 Å². The van der Waals surface area contributed by atoms with E-state index in [0.717, 1.165) is 0 Å². The number of rotatable bonds is 0. The van der Waals surface area contributed by atoms with Crippen molar-refractivity contribution in [3.63, 3.8) is 0 Å². The highest BCUT2D eigenvalue weighted by atomic mass is 14.8. The van der Waals surface area contributed by atoms with Gasteiger partial charge in [-0.2, -0.15) is 0 Å². The molecule has 0 fully saturated rings. The van der Waals surface area contributed by atoms with Gasteiger partial charge in [0.25, 0.3) is 0 Å². The Morgan fingerprint density at radius 3 is 1.56 bits per heavy atom. The zero-order valence-electron chi connectivity index (χ0n) is 5.38. The van der Waals surface area contributed by atoms with Crippen LogP contribution < -0.4 is 17.6 Å². The second-order valence-electron chi connectivity index (χ2n) is 1.27. The van der Waals surface area contributed by atoms with E-state index in [-0.39, 0.29) is 12.3 Å². The molecule has 9 heavy (non-hydrogen) atoms. The van der Waals surface area contributed by atoms with Crippen molar-refractivity contribution < 1.29 is 0 Å². The summed E-state index contributed by atoms with van der Waals surface area (Å²) in [5.74, 6) is 0. The van der Waals surface area contributed by atoms with Crippen molar-refractivity contribution in [3.8, 4) is 0 Å². The lowest BCUT2D eigenvalue weighted by Gasteiger charge is -1.79. The molecular weight excluding hydrogens is 114 g/mol. The van der Waals surface area contributed by atoms with Crippen LogP contribution in [0.5, 0.6) is 0 Å². The molecule has 3 heteroatoms. The van der Waals surface area contributed by atoms with Crippen LogP contribution in [-0.4, -0.2) is 0 Å². The molecule has 0 unspecified atom stereocenters. The number of allylic oxidation sites excluding steroid dienone is 4. The van der Waals surface area contributed by atoms with Gasteiger partial charge in [0.05, 0.1) is 0 Å². The Morgan fingerprint density at radius 1 is 0.667 bits per heavy atom. The fraction of sp³-hybridized carbons (Fsp3) is 0. The molecule has 0 aromatic rings. The molecule has 0 bridgehead atoms. The Bertz CT molecular complexity index is 110. The minimum Gasteiger partial charge on any atom is -0.368 e. The highest BCUT2D eigenvalue weighted by Crippen LogP contribution is 1.81. The molecule has 0 amide bonds. The summed E-state index contributed by atoms with van der Waals surface area (Å²) in [5.41, 5.74) is 0. The van der Waals surface area contributed by atoms with Crippen LogP contribution in [0.4, 0.5) is 0 Å². The average Bonchev–Trinajstić information content (AvgIpc) is 1.90. The average molecular weight is 127 g/mol. The maximum absolute atomic E-state index is 2.92. The van der Waals surface area contributed by atoms with E-state index in [2.05, 4.69) is 5.32 Å². The van der Waals surface area contributed by atoms with Crippen molar-refractivity contribution >= 4 is 0 Å². The molecule has 0 atom stereocenters. The Balaban J connectivity index is 0. The molecule has 52 valence electrons. The second-order valence-corrected chi connectivity index (χ2v) is 1.27. The van der Waals surface area contributed by atoms with Gasteiger partial charge in [-0.25, -0.2) is 0 Å². The van der Waals surface area contributed by atoms with Crippen molar-refractivity contribution in [1.82, 2.24) is 17.6 Å². The molecule has 0 saturated heterocycles. The summed E-state index contributed by atoms with van der Waals surface area (Å²) in [5, 5.41) is 2.92. The summed E-state index contributed by atoms with van der Waals surface area (Å²) in [7, 11) is 0. The standard InChI is InChI=1S/C6H7N.2H3N/c1-2-4-6-7-5-3-1;;/h1-7H;2*1H3. The topological polar surface area (TPSA) is 82.0 Å². The van der Waals surface area contributed by atoms with Gasteiger partial charge < -0.3 is 17.6 Å². The van der Waals surface area contributed by atoms with Crippen LogP contribution in [0.25, 0.3) is 0 Å². The van der Waals surface area contributed by atoms with Gasteiger partial charge in [-0.1, -0.05) is 12.2 Å². The third kappa shape index (κ3) is 4.80. The quantitative estimate of drug-likeness (QED) is 0.461. The first kappa shape index (κ1) is 10.8. The Kier molecular flexibility index (Phi) is 8.36. The molecule has 7 N–H and O–H groups in total. The number of hydrogen-bond acceptors (Lipinski definition) is 3. The lowest BCUT2D eigenvalue weighted by molar-refractivity contribution is 1.20. The van der Waals surface area contributed by atoms with E-state index in [4.69, 9.17) is 0 Å². The summed E-state index contributed by atoms with van der Waals surface area (Å²) in [6, 6.07) is 0. The van der Waals surface area contributed by atoms with Gasteiger partial charge in [-0.05, 0) is 12.2 Å². The van der Waals surface area contributed by atoms with Crippen molar-refractivity contribution in [3.05, 3.63) is 36.7 Å². The molecule has 0 aromatic heterocycles. The molecule has 1 aliphatic heterocycles. The molecule has 1 aliphatic rings. The lowest BCUT2D eigenvalue weighted by atomic mass is 10.5. The summed E-state index contributed by atoms with van der Waals surface area (Å²) in [6.45, 7) is 0. The van der Waals surface area contributed by atoms with Gasteiger partial charge in [-0.15, -0.1) is 0 Å². The fourth-order valence-corrected chi connectivity index (χ4v) is 0.406. The molecule has 0 aliphatic carbocycles. The smallest absolute Gasteiger partial charge is 0.000442 e. The van der Waals surface area contributed by atoms with Crippen LogP contribution in [0.1, 0.15) is 0 Å². The Morgan fingerprint density at radius 2 is 1.11 bits per heavy atom. The molecule has 0 saturated carbocycles. The minimum absolute atomic E-state index is 0. The Labute approximate surface area is 55.3 Å². The largest absolute Gasteiger partial charge is 0.368 e. The zero-order chi connectivity index (χ0) is 4.95. The van der Waals surface area contributed by atoms with E-state index in [1.165, 1.54) is 0 Å². The van der Waals surface area contributed by atoms with Crippen LogP contribution in [-0.2, 0) is 0 Å². The highest BCUT2D eigenvalue weighted by molar-refractivity contribution is 5.14.